The lowest BCUT2D eigenvalue weighted by molar-refractivity contribution is -0.142. The van der Waals surface area contributed by atoms with E-state index < -0.39 is 0 Å². The SMILES string of the molecule is COC(=O)C1OC12CCCC21CCOCC1. The summed E-state index contributed by atoms with van der Waals surface area (Å²) in [6, 6.07) is 0. The van der Waals surface area contributed by atoms with Gasteiger partial charge in [0.25, 0.3) is 0 Å². The number of epoxide rings is 1. The van der Waals surface area contributed by atoms with Crippen LogP contribution in [0, 0.1) is 5.41 Å². The van der Waals surface area contributed by atoms with Crippen LogP contribution in [-0.4, -0.2) is 38.0 Å². The molecule has 16 heavy (non-hydrogen) atoms. The van der Waals surface area contributed by atoms with Crippen molar-refractivity contribution in [2.24, 2.45) is 5.41 Å². The Morgan fingerprint density at radius 2 is 2.00 bits per heavy atom. The van der Waals surface area contributed by atoms with E-state index in [-0.39, 0.29) is 23.1 Å². The highest BCUT2D eigenvalue weighted by Gasteiger charge is 2.73. The summed E-state index contributed by atoms with van der Waals surface area (Å²) in [6.07, 6.45) is 5.09. The molecule has 1 saturated carbocycles. The van der Waals surface area contributed by atoms with E-state index in [0.29, 0.717) is 0 Å². The Balaban J connectivity index is 1.82. The highest BCUT2D eigenvalue weighted by molar-refractivity contribution is 5.79. The molecule has 0 radical (unpaired) electrons. The molecule has 90 valence electrons. The average molecular weight is 226 g/mol. The molecule has 2 heterocycles. The lowest BCUT2D eigenvalue weighted by Gasteiger charge is -2.37. The lowest BCUT2D eigenvalue weighted by Crippen LogP contribution is -2.41. The van der Waals surface area contributed by atoms with Crippen molar-refractivity contribution in [1.29, 1.82) is 0 Å². The molecule has 0 aromatic rings. The molecule has 0 bridgehead atoms. The number of fused-ring (bicyclic) bond motifs is 1. The Morgan fingerprint density at radius 3 is 2.69 bits per heavy atom. The minimum Gasteiger partial charge on any atom is -0.467 e. The fraction of sp³-hybridized carbons (Fsp3) is 0.917. The quantitative estimate of drug-likeness (QED) is 0.499. The summed E-state index contributed by atoms with van der Waals surface area (Å²) in [4.78, 5) is 11.6. The highest BCUT2D eigenvalue weighted by atomic mass is 16.7. The topological polar surface area (TPSA) is 48.1 Å². The number of hydrogen-bond acceptors (Lipinski definition) is 4. The monoisotopic (exact) mass is 226 g/mol. The van der Waals surface area contributed by atoms with E-state index in [1.165, 1.54) is 13.5 Å². The van der Waals surface area contributed by atoms with E-state index in [4.69, 9.17) is 14.2 Å². The van der Waals surface area contributed by atoms with Crippen LogP contribution in [0.25, 0.3) is 0 Å². The first-order chi connectivity index (χ1) is 7.74. The van der Waals surface area contributed by atoms with Crippen molar-refractivity contribution in [3.63, 3.8) is 0 Å². The lowest BCUT2D eigenvalue weighted by atomic mass is 9.70. The van der Waals surface area contributed by atoms with Crippen molar-refractivity contribution in [2.45, 2.75) is 43.8 Å². The smallest absolute Gasteiger partial charge is 0.338 e. The summed E-state index contributed by atoms with van der Waals surface area (Å²) in [7, 11) is 1.43. The maximum Gasteiger partial charge on any atom is 0.338 e. The van der Waals surface area contributed by atoms with Gasteiger partial charge in [-0.05, 0) is 32.1 Å². The molecular formula is C12H18O4. The van der Waals surface area contributed by atoms with Gasteiger partial charge in [0.15, 0.2) is 6.10 Å². The molecule has 2 aliphatic heterocycles. The van der Waals surface area contributed by atoms with Gasteiger partial charge in [-0.25, -0.2) is 4.79 Å². The van der Waals surface area contributed by atoms with Gasteiger partial charge in [-0.15, -0.1) is 0 Å². The first kappa shape index (κ1) is 10.5. The minimum atomic E-state index is -0.307. The van der Waals surface area contributed by atoms with Crippen molar-refractivity contribution in [3.05, 3.63) is 0 Å². The average Bonchev–Trinajstić information content (AvgIpc) is 2.97. The van der Waals surface area contributed by atoms with Crippen LogP contribution in [0.3, 0.4) is 0 Å². The van der Waals surface area contributed by atoms with Crippen LogP contribution in [0.15, 0.2) is 0 Å². The Kier molecular flexibility index (Phi) is 2.27. The Morgan fingerprint density at radius 1 is 1.25 bits per heavy atom. The van der Waals surface area contributed by atoms with Gasteiger partial charge in [-0.1, -0.05) is 0 Å². The molecule has 4 heteroatoms. The van der Waals surface area contributed by atoms with E-state index >= 15 is 0 Å². The summed E-state index contributed by atoms with van der Waals surface area (Å²) in [5.41, 5.74) is -0.0199. The predicted octanol–water partition coefficient (Wildman–Crippen LogP) is 1.28. The van der Waals surface area contributed by atoms with Crippen molar-refractivity contribution in [1.82, 2.24) is 0 Å². The van der Waals surface area contributed by atoms with E-state index in [1.54, 1.807) is 0 Å². The second kappa shape index (κ2) is 3.44. The fourth-order valence-electron chi connectivity index (χ4n) is 3.72. The second-order valence-corrected chi connectivity index (χ2v) is 5.16. The molecule has 0 N–H and O–H groups in total. The summed E-state index contributed by atoms with van der Waals surface area (Å²) in [5.74, 6) is -0.201. The third-order valence-electron chi connectivity index (χ3n) is 4.66. The number of carbonyl (C=O) groups is 1. The molecule has 0 aromatic heterocycles. The molecule has 2 spiro atoms. The largest absolute Gasteiger partial charge is 0.467 e. The van der Waals surface area contributed by atoms with E-state index in [9.17, 15) is 4.79 Å². The van der Waals surface area contributed by atoms with Gasteiger partial charge >= 0.3 is 5.97 Å². The molecule has 3 aliphatic rings. The van der Waals surface area contributed by atoms with Gasteiger partial charge in [0.1, 0.15) is 5.60 Å². The van der Waals surface area contributed by atoms with E-state index in [1.807, 2.05) is 0 Å². The van der Waals surface area contributed by atoms with Gasteiger partial charge in [-0.3, -0.25) is 0 Å². The van der Waals surface area contributed by atoms with Crippen LogP contribution in [0.5, 0.6) is 0 Å². The molecule has 0 aromatic carbocycles. The van der Waals surface area contributed by atoms with Crippen LogP contribution < -0.4 is 0 Å². The third-order valence-corrected chi connectivity index (χ3v) is 4.66. The highest BCUT2D eigenvalue weighted by Crippen LogP contribution is 2.64. The zero-order valence-corrected chi connectivity index (χ0v) is 9.66. The summed E-state index contributed by atoms with van der Waals surface area (Å²) in [5, 5.41) is 0. The number of ether oxygens (including phenoxy) is 3. The number of carbonyl (C=O) groups excluding carboxylic acids is 1. The number of esters is 1. The molecule has 3 fully saturated rings. The maximum atomic E-state index is 11.6. The van der Waals surface area contributed by atoms with Gasteiger partial charge in [-0.2, -0.15) is 0 Å². The Hall–Kier alpha value is -0.610. The molecule has 3 rings (SSSR count). The number of methoxy groups -OCH3 is 1. The third kappa shape index (κ3) is 1.20. The summed E-state index contributed by atoms with van der Waals surface area (Å²) < 4.78 is 16.0. The van der Waals surface area contributed by atoms with Crippen LogP contribution in [-0.2, 0) is 19.0 Å². The minimum absolute atomic E-state index is 0.185. The van der Waals surface area contributed by atoms with Crippen LogP contribution >= 0.6 is 0 Å². The predicted molar refractivity (Wildman–Crippen MR) is 56.0 cm³/mol. The Bertz CT molecular complexity index is 308. The normalized spacial score (nSPS) is 40.2. The van der Waals surface area contributed by atoms with Crippen LogP contribution in [0.1, 0.15) is 32.1 Å². The Labute approximate surface area is 95.2 Å². The molecular weight excluding hydrogens is 208 g/mol. The summed E-state index contributed by atoms with van der Waals surface area (Å²) >= 11 is 0. The molecule has 2 saturated heterocycles. The number of hydrogen-bond donors (Lipinski definition) is 0. The maximum absolute atomic E-state index is 11.6. The first-order valence-electron chi connectivity index (χ1n) is 6.08. The number of rotatable bonds is 1. The summed E-state index contributed by atoms with van der Waals surface area (Å²) in [6.45, 7) is 1.61. The molecule has 2 atom stereocenters. The second-order valence-electron chi connectivity index (χ2n) is 5.16. The van der Waals surface area contributed by atoms with Crippen molar-refractivity contribution >= 4 is 5.97 Å². The molecule has 0 amide bonds. The van der Waals surface area contributed by atoms with Gasteiger partial charge < -0.3 is 14.2 Å². The standard InChI is InChI=1S/C12H18O4/c1-14-10(13)9-12(16-9)4-2-3-11(12)5-7-15-8-6-11/h9H,2-8H2,1H3. The zero-order chi connectivity index (χ0) is 11.2. The van der Waals surface area contributed by atoms with Crippen LogP contribution in [0.2, 0.25) is 0 Å². The van der Waals surface area contributed by atoms with Gasteiger partial charge in [0, 0.05) is 18.6 Å². The fourth-order valence-corrected chi connectivity index (χ4v) is 3.72. The molecule has 1 aliphatic carbocycles. The molecule has 2 unspecified atom stereocenters. The van der Waals surface area contributed by atoms with Crippen molar-refractivity contribution in [3.8, 4) is 0 Å². The van der Waals surface area contributed by atoms with E-state index in [2.05, 4.69) is 0 Å². The van der Waals surface area contributed by atoms with Gasteiger partial charge in [0.05, 0.1) is 7.11 Å². The van der Waals surface area contributed by atoms with Crippen molar-refractivity contribution < 1.29 is 19.0 Å². The van der Waals surface area contributed by atoms with E-state index in [0.717, 1.165) is 38.9 Å². The van der Waals surface area contributed by atoms with Gasteiger partial charge in [0.2, 0.25) is 0 Å². The zero-order valence-electron chi connectivity index (χ0n) is 9.66. The van der Waals surface area contributed by atoms with Crippen LogP contribution in [0.4, 0.5) is 0 Å². The van der Waals surface area contributed by atoms with Crippen molar-refractivity contribution in [2.75, 3.05) is 20.3 Å². The molecule has 4 nitrogen and oxygen atoms in total. The first-order valence-corrected chi connectivity index (χ1v) is 6.08.